The molecule has 2 aromatic rings. The van der Waals surface area contributed by atoms with E-state index in [1.54, 1.807) is 18.0 Å². The van der Waals surface area contributed by atoms with E-state index in [0.717, 1.165) is 12.0 Å². The number of aromatic nitrogens is 1. The lowest BCUT2D eigenvalue weighted by molar-refractivity contribution is -0.115. The molecule has 1 amide bonds. The van der Waals surface area contributed by atoms with Gasteiger partial charge in [0.1, 0.15) is 5.82 Å². The molecule has 96 valence electrons. The molecule has 0 saturated carbocycles. The zero-order valence-corrected chi connectivity index (χ0v) is 11.4. The Kier molecular flexibility index (Phi) is 3.25. The third-order valence-electron chi connectivity index (χ3n) is 3.19. The minimum atomic E-state index is -0.0567. The number of anilines is 1. The normalized spacial score (nSPS) is 17.0. The molecular weight excluding hydrogens is 256 g/mol. The molecule has 19 heavy (non-hydrogen) atoms. The van der Waals surface area contributed by atoms with Crippen LogP contribution in [0.4, 0.5) is 5.82 Å². The Labute approximate surface area is 116 Å². The topological polar surface area (TPSA) is 42.0 Å². The monoisotopic (exact) mass is 270 g/mol. The number of nitrogens with zero attached hydrogens (tertiary/aromatic N) is 1. The molecule has 0 fully saturated rings. The van der Waals surface area contributed by atoms with Crippen molar-refractivity contribution in [3.05, 3.63) is 53.7 Å². The van der Waals surface area contributed by atoms with Gasteiger partial charge < -0.3 is 5.32 Å². The predicted molar refractivity (Wildman–Crippen MR) is 77.4 cm³/mol. The van der Waals surface area contributed by atoms with Crippen LogP contribution in [0, 0.1) is 6.92 Å². The fourth-order valence-electron chi connectivity index (χ4n) is 2.14. The highest BCUT2D eigenvalue weighted by molar-refractivity contribution is 8.01. The van der Waals surface area contributed by atoms with Crippen LogP contribution < -0.4 is 5.32 Å². The minimum Gasteiger partial charge on any atom is -0.309 e. The standard InChI is InChI=1S/C15H14N2OS/c1-10-5-4-8-16-14(10)17-15(18)13-9-11-6-2-3-7-12(11)19-13/h2-8,13H,9H2,1H3,(H,16,17,18). The first kappa shape index (κ1) is 12.2. The highest BCUT2D eigenvalue weighted by atomic mass is 32.2. The van der Waals surface area contributed by atoms with Crippen LogP contribution in [-0.4, -0.2) is 16.1 Å². The molecule has 0 spiro atoms. The van der Waals surface area contributed by atoms with Gasteiger partial charge in [0, 0.05) is 11.1 Å². The maximum absolute atomic E-state index is 12.3. The second-order valence-electron chi connectivity index (χ2n) is 4.58. The molecule has 1 N–H and O–H groups in total. The Balaban J connectivity index is 1.72. The van der Waals surface area contributed by atoms with Crippen molar-refractivity contribution in [2.24, 2.45) is 0 Å². The van der Waals surface area contributed by atoms with Crippen LogP contribution in [0.1, 0.15) is 11.1 Å². The summed E-state index contributed by atoms with van der Waals surface area (Å²) in [7, 11) is 0. The van der Waals surface area contributed by atoms with Crippen molar-refractivity contribution >= 4 is 23.5 Å². The molecule has 3 nitrogen and oxygen atoms in total. The smallest absolute Gasteiger partial charge is 0.239 e. The fraction of sp³-hybridized carbons (Fsp3) is 0.200. The molecule has 1 aliphatic rings. The van der Waals surface area contributed by atoms with Gasteiger partial charge in [0.05, 0.1) is 5.25 Å². The maximum Gasteiger partial charge on any atom is 0.239 e. The lowest BCUT2D eigenvalue weighted by Crippen LogP contribution is -2.25. The SMILES string of the molecule is Cc1cccnc1NC(=O)C1Cc2ccccc2S1. The summed E-state index contributed by atoms with van der Waals surface area (Å²) in [5.74, 6) is 0.687. The number of rotatable bonds is 2. The van der Waals surface area contributed by atoms with Crippen molar-refractivity contribution < 1.29 is 4.79 Å². The van der Waals surface area contributed by atoms with E-state index < -0.39 is 0 Å². The van der Waals surface area contributed by atoms with Crippen LogP contribution in [-0.2, 0) is 11.2 Å². The van der Waals surface area contributed by atoms with Gasteiger partial charge in [-0.2, -0.15) is 0 Å². The summed E-state index contributed by atoms with van der Waals surface area (Å²) in [6.07, 6.45) is 2.48. The van der Waals surface area contributed by atoms with Crippen molar-refractivity contribution in [2.75, 3.05) is 5.32 Å². The van der Waals surface area contributed by atoms with Gasteiger partial charge in [-0.3, -0.25) is 4.79 Å². The summed E-state index contributed by atoms with van der Waals surface area (Å²) >= 11 is 1.63. The Morgan fingerprint density at radius 2 is 2.16 bits per heavy atom. The van der Waals surface area contributed by atoms with Crippen LogP contribution in [0.25, 0.3) is 0 Å². The van der Waals surface area contributed by atoms with Gasteiger partial charge >= 0.3 is 0 Å². The highest BCUT2D eigenvalue weighted by Gasteiger charge is 2.28. The molecular formula is C15H14N2OS. The zero-order chi connectivity index (χ0) is 13.2. The molecule has 0 bridgehead atoms. The largest absolute Gasteiger partial charge is 0.309 e. The number of amides is 1. The zero-order valence-electron chi connectivity index (χ0n) is 10.6. The summed E-state index contributed by atoms with van der Waals surface area (Å²) in [5, 5.41) is 2.86. The summed E-state index contributed by atoms with van der Waals surface area (Å²) in [6.45, 7) is 1.94. The van der Waals surface area contributed by atoms with E-state index in [1.165, 1.54) is 10.5 Å². The first-order chi connectivity index (χ1) is 9.24. The van der Waals surface area contributed by atoms with Crippen molar-refractivity contribution in [3.8, 4) is 0 Å². The Morgan fingerprint density at radius 3 is 2.95 bits per heavy atom. The van der Waals surface area contributed by atoms with E-state index >= 15 is 0 Å². The quantitative estimate of drug-likeness (QED) is 0.912. The number of hydrogen-bond donors (Lipinski definition) is 1. The number of thioether (sulfide) groups is 1. The van der Waals surface area contributed by atoms with Crippen LogP contribution in [0.2, 0.25) is 0 Å². The molecule has 1 aromatic carbocycles. The molecule has 3 rings (SSSR count). The number of carbonyl (C=O) groups excluding carboxylic acids is 1. The lowest BCUT2D eigenvalue weighted by Gasteiger charge is -2.10. The summed E-state index contributed by atoms with van der Waals surface area (Å²) in [6, 6.07) is 12.0. The number of nitrogens with one attached hydrogen (secondary N) is 1. The van der Waals surface area contributed by atoms with Gasteiger partial charge in [-0.25, -0.2) is 4.98 Å². The minimum absolute atomic E-state index is 0.0306. The van der Waals surface area contributed by atoms with Crippen molar-refractivity contribution in [1.82, 2.24) is 4.98 Å². The first-order valence-electron chi connectivity index (χ1n) is 6.21. The summed E-state index contributed by atoms with van der Waals surface area (Å²) in [5.41, 5.74) is 2.24. The van der Waals surface area contributed by atoms with Crippen molar-refractivity contribution in [1.29, 1.82) is 0 Å². The van der Waals surface area contributed by atoms with Crippen LogP contribution in [0.3, 0.4) is 0 Å². The average molecular weight is 270 g/mol. The van der Waals surface area contributed by atoms with E-state index in [9.17, 15) is 4.79 Å². The highest BCUT2D eigenvalue weighted by Crippen LogP contribution is 2.37. The van der Waals surface area contributed by atoms with Crippen LogP contribution in [0.5, 0.6) is 0 Å². The van der Waals surface area contributed by atoms with Gasteiger partial charge in [0.15, 0.2) is 0 Å². The van der Waals surface area contributed by atoms with E-state index in [-0.39, 0.29) is 11.2 Å². The molecule has 1 aliphatic heterocycles. The molecule has 1 aromatic heterocycles. The number of pyridine rings is 1. The Hall–Kier alpha value is -1.81. The molecule has 4 heteroatoms. The third kappa shape index (κ3) is 2.49. The maximum atomic E-state index is 12.3. The number of aryl methyl sites for hydroxylation is 1. The second-order valence-corrected chi connectivity index (χ2v) is 5.82. The summed E-state index contributed by atoms with van der Waals surface area (Å²) in [4.78, 5) is 17.7. The van der Waals surface area contributed by atoms with Crippen molar-refractivity contribution in [2.45, 2.75) is 23.5 Å². The predicted octanol–water partition coefficient (Wildman–Crippen LogP) is 3.05. The van der Waals surface area contributed by atoms with Gasteiger partial charge in [-0.05, 0) is 36.6 Å². The van der Waals surface area contributed by atoms with E-state index in [4.69, 9.17) is 0 Å². The lowest BCUT2D eigenvalue weighted by atomic mass is 10.1. The Bertz CT molecular complexity index is 602. The fourth-order valence-corrected chi connectivity index (χ4v) is 3.34. The number of benzene rings is 1. The van der Waals surface area contributed by atoms with E-state index in [2.05, 4.69) is 22.4 Å². The number of hydrogen-bond acceptors (Lipinski definition) is 3. The molecule has 2 heterocycles. The molecule has 0 aliphatic carbocycles. The molecule has 0 radical (unpaired) electrons. The number of carbonyl (C=O) groups is 1. The summed E-state index contributed by atoms with van der Waals surface area (Å²) < 4.78 is 0. The molecule has 1 atom stereocenters. The van der Waals surface area contributed by atoms with E-state index in [0.29, 0.717) is 5.82 Å². The average Bonchev–Trinajstić information content (AvgIpc) is 2.85. The molecule has 1 unspecified atom stereocenters. The third-order valence-corrected chi connectivity index (χ3v) is 4.51. The van der Waals surface area contributed by atoms with Gasteiger partial charge in [-0.15, -0.1) is 11.8 Å². The Morgan fingerprint density at radius 1 is 1.32 bits per heavy atom. The van der Waals surface area contributed by atoms with Crippen LogP contribution >= 0.6 is 11.8 Å². The van der Waals surface area contributed by atoms with Gasteiger partial charge in [0.25, 0.3) is 0 Å². The van der Waals surface area contributed by atoms with E-state index in [1.807, 2.05) is 31.2 Å². The van der Waals surface area contributed by atoms with Gasteiger partial charge in [0.2, 0.25) is 5.91 Å². The molecule has 0 saturated heterocycles. The van der Waals surface area contributed by atoms with Gasteiger partial charge in [-0.1, -0.05) is 24.3 Å². The first-order valence-corrected chi connectivity index (χ1v) is 7.09. The van der Waals surface area contributed by atoms with Crippen LogP contribution in [0.15, 0.2) is 47.5 Å². The second kappa shape index (κ2) is 5.05. The number of fused-ring (bicyclic) bond motifs is 1. The van der Waals surface area contributed by atoms with Crippen molar-refractivity contribution in [3.63, 3.8) is 0 Å².